The second-order valence-corrected chi connectivity index (χ2v) is 17.2. The van der Waals surface area contributed by atoms with Gasteiger partial charge in [0.25, 0.3) is 0 Å². The Balaban J connectivity index is 4.37. The highest BCUT2D eigenvalue weighted by molar-refractivity contribution is 7.47. The van der Waals surface area contributed by atoms with Crippen molar-refractivity contribution in [2.24, 2.45) is 0 Å². The lowest BCUT2D eigenvalue weighted by Crippen LogP contribution is -2.46. The van der Waals surface area contributed by atoms with Gasteiger partial charge in [-0.25, -0.2) is 4.57 Å². The number of likely N-dealkylation sites (N-methyl/N-ethyl adjacent to an activating group) is 1. The van der Waals surface area contributed by atoms with Crippen LogP contribution in [0.3, 0.4) is 0 Å². The largest absolute Gasteiger partial charge is 0.472 e. The van der Waals surface area contributed by atoms with Crippen LogP contribution < -0.4 is 5.32 Å². The number of phosphoric ester groups is 1. The van der Waals surface area contributed by atoms with Crippen LogP contribution in [0, 0.1) is 0 Å². The van der Waals surface area contributed by atoms with E-state index in [0.29, 0.717) is 23.9 Å². The van der Waals surface area contributed by atoms with E-state index in [2.05, 4.69) is 19.2 Å². The standard InChI is InChI=1S/C40H83N2O6P/c1-6-8-10-12-14-16-18-20-21-22-24-26-28-30-32-34-40(44)41-38(37-48-49(45,46)47-36-35-42(3,4)5)39(43)33-31-29-27-25-23-19-17-15-13-11-9-7-2/h38-39,43H,6-37H2,1-5H3,(H-,41,44,45,46)/p+1. The van der Waals surface area contributed by atoms with E-state index in [1.54, 1.807) is 0 Å². The minimum atomic E-state index is -4.30. The molecule has 0 aromatic carbocycles. The van der Waals surface area contributed by atoms with Crippen molar-refractivity contribution >= 4 is 13.7 Å². The topological polar surface area (TPSA) is 105 Å². The third-order valence-corrected chi connectivity index (χ3v) is 10.6. The Labute approximate surface area is 304 Å². The number of hydrogen-bond donors (Lipinski definition) is 3. The summed E-state index contributed by atoms with van der Waals surface area (Å²) in [7, 11) is 1.62. The first-order valence-corrected chi connectivity index (χ1v) is 22.4. The van der Waals surface area contributed by atoms with Gasteiger partial charge in [-0.2, -0.15) is 0 Å². The highest BCUT2D eigenvalue weighted by atomic mass is 31.2. The van der Waals surface area contributed by atoms with Crippen molar-refractivity contribution in [3.05, 3.63) is 0 Å². The van der Waals surface area contributed by atoms with Crippen LogP contribution in [0.15, 0.2) is 0 Å². The molecule has 0 fully saturated rings. The zero-order valence-electron chi connectivity index (χ0n) is 33.2. The molecule has 0 radical (unpaired) electrons. The molecule has 0 aromatic heterocycles. The van der Waals surface area contributed by atoms with Gasteiger partial charge >= 0.3 is 7.82 Å². The molecule has 3 unspecified atom stereocenters. The number of unbranched alkanes of at least 4 members (excludes halogenated alkanes) is 25. The number of rotatable bonds is 38. The molecule has 294 valence electrons. The molecule has 0 aromatic rings. The van der Waals surface area contributed by atoms with E-state index in [1.165, 1.54) is 135 Å². The average molecular weight is 720 g/mol. The fourth-order valence-corrected chi connectivity index (χ4v) is 6.96. The van der Waals surface area contributed by atoms with E-state index in [0.717, 1.165) is 38.5 Å². The van der Waals surface area contributed by atoms with E-state index >= 15 is 0 Å². The van der Waals surface area contributed by atoms with Crippen LogP contribution in [-0.4, -0.2) is 73.4 Å². The summed E-state index contributed by atoms with van der Waals surface area (Å²) in [4.78, 5) is 23.1. The Morgan fingerprint density at radius 2 is 0.980 bits per heavy atom. The van der Waals surface area contributed by atoms with Crippen molar-refractivity contribution in [3.63, 3.8) is 0 Å². The molecule has 8 nitrogen and oxygen atoms in total. The molecule has 0 aliphatic rings. The minimum absolute atomic E-state index is 0.0783. The summed E-state index contributed by atoms with van der Waals surface area (Å²) in [6.45, 7) is 4.89. The highest BCUT2D eigenvalue weighted by Crippen LogP contribution is 2.43. The van der Waals surface area contributed by atoms with Gasteiger partial charge in [0.1, 0.15) is 13.2 Å². The first-order chi connectivity index (χ1) is 23.5. The van der Waals surface area contributed by atoms with Gasteiger partial charge in [0.2, 0.25) is 5.91 Å². The molecule has 0 saturated heterocycles. The fraction of sp³-hybridized carbons (Fsp3) is 0.975. The molecule has 0 bridgehead atoms. The predicted molar refractivity (Wildman–Crippen MR) is 208 cm³/mol. The molecule has 3 atom stereocenters. The summed E-state index contributed by atoms with van der Waals surface area (Å²) < 4.78 is 23.6. The first kappa shape index (κ1) is 48.5. The molecule has 0 heterocycles. The van der Waals surface area contributed by atoms with Gasteiger partial charge in [0.05, 0.1) is 39.9 Å². The molecule has 3 N–H and O–H groups in total. The van der Waals surface area contributed by atoms with Crippen LogP contribution in [0.4, 0.5) is 0 Å². The van der Waals surface area contributed by atoms with E-state index in [9.17, 15) is 19.4 Å². The average Bonchev–Trinajstić information content (AvgIpc) is 3.04. The lowest BCUT2D eigenvalue weighted by molar-refractivity contribution is -0.870. The third kappa shape index (κ3) is 35.7. The van der Waals surface area contributed by atoms with Crippen LogP contribution >= 0.6 is 7.82 Å². The number of hydrogen-bond acceptors (Lipinski definition) is 5. The maximum atomic E-state index is 12.8. The molecular formula is C40H84N2O6P+. The molecule has 1 amide bonds. The molecule has 49 heavy (non-hydrogen) atoms. The SMILES string of the molecule is CCCCCCCCCCCCCCCCCC(=O)NC(COP(=O)(O)OCC[N+](C)(C)C)C(O)CCCCCCCCCCCCCC. The maximum Gasteiger partial charge on any atom is 0.472 e. The van der Waals surface area contributed by atoms with Crippen molar-refractivity contribution in [1.29, 1.82) is 0 Å². The number of nitrogens with one attached hydrogen (secondary N) is 1. The van der Waals surface area contributed by atoms with Crippen molar-refractivity contribution in [2.75, 3.05) is 40.9 Å². The Morgan fingerprint density at radius 3 is 1.37 bits per heavy atom. The number of carbonyl (C=O) groups is 1. The Morgan fingerprint density at radius 1 is 0.612 bits per heavy atom. The molecule has 0 rings (SSSR count). The number of phosphoric acid groups is 1. The Bertz CT molecular complexity index is 778. The summed E-state index contributed by atoms with van der Waals surface area (Å²) in [6.07, 6.45) is 34.0. The summed E-state index contributed by atoms with van der Waals surface area (Å²) in [5, 5.41) is 13.9. The number of amides is 1. The highest BCUT2D eigenvalue weighted by Gasteiger charge is 2.28. The summed E-state index contributed by atoms with van der Waals surface area (Å²) in [6, 6.07) is -0.751. The fourth-order valence-electron chi connectivity index (χ4n) is 6.22. The summed E-state index contributed by atoms with van der Waals surface area (Å²) in [5.74, 6) is -0.143. The van der Waals surface area contributed by atoms with Gasteiger partial charge in [0, 0.05) is 6.42 Å². The van der Waals surface area contributed by atoms with Crippen LogP contribution in [0.1, 0.15) is 200 Å². The van der Waals surface area contributed by atoms with Gasteiger partial charge in [-0.15, -0.1) is 0 Å². The van der Waals surface area contributed by atoms with E-state index in [1.807, 2.05) is 21.1 Å². The monoisotopic (exact) mass is 720 g/mol. The zero-order valence-corrected chi connectivity index (χ0v) is 34.1. The quantitative estimate of drug-likeness (QED) is 0.0333. The van der Waals surface area contributed by atoms with Gasteiger partial charge < -0.3 is 19.8 Å². The van der Waals surface area contributed by atoms with Gasteiger partial charge in [0.15, 0.2) is 0 Å². The second-order valence-electron chi connectivity index (χ2n) is 15.7. The second kappa shape index (κ2) is 33.3. The molecular weight excluding hydrogens is 635 g/mol. The van der Waals surface area contributed by atoms with Crippen molar-refractivity contribution in [1.82, 2.24) is 5.32 Å². The number of quaternary nitrogens is 1. The predicted octanol–water partition coefficient (Wildman–Crippen LogP) is 11.0. The number of nitrogens with zero attached hydrogens (tertiary/aromatic N) is 1. The molecule has 0 spiro atoms. The molecule has 9 heteroatoms. The number of aliphatic hydroxyl groups excluding tert-OH is 1. The Kier molecular flexibility index (Phi) is 33.0. The summed E-state index contributed by atoms with van der Waals surface area (Å²) >= 11 is 0. The molecule has 0 aliphatic heterocycles. The van der Waals surface area contributed by atoms with E-state index in [4.69, 9.17) is 9.05 Å². The van der Waals surface area contributed by atoms with Crippen LogP contribution in [0.2, 0.25) is 0 Å². The smallest absolute Gasteiger partial charge is 0.391 e. The van der Waals surface area contributed by atoms with Crippen LogP contribution in [0.5, 0.6) is 0 Å². The molecule has 0 aliphatic carbocycles. The van der Waals surface area contributed by atoms with Crippen molar-refractivity contribution in [2.45, 2.75) is 212 Å². The minimum Gasteiger partial charge on any atom is -0.391 e. The molecule has 0 saturated carbocycles. The zero-order chi connectivity index (χ0) is 36.5. The maximum absolute atomic E-state index is 12.8. The Hall–Kier alpha value is -0.500. The lowest BCUT2D eigenvalue weighted by Gasteiger charge is -2.26. The van der Waals surface area contributed by atoms with Crippen molar-refractivity contribution in [3.8, 4) is 0 Å². The van der Waals surface area contributed by atoms with E-state index in [-0.39, 0.29) is 19.1 Å². The van der Waals surface area contributed by atoms with E-state index < -0.39 is 20.0 Å². The van der Waals surface area contributed by atoms with Crippen LogP contribution in [0.25, 0.3) is 0 Å². The first-order valence-electron chi connectivity index (χ1n) is 20.9. The normalized spacial score (nSPS) is 14.5. The van der Waals surface area contributed by atoms with Gasteiger partial charge in [-0.1, -0.05) is 181 Å². The lowest BCUT2D eigenvalue weighted by atomic mass is 10.0. The van der Waals surface area contributed by atoms with Gasteiger partial charge in [-0.05, 0) is 12.8 Å². The van der Waals surface area contributed by atoms with Crippen LogP contribution in [-0.2, 0) is 18.4 Å². The number of carbonyl (C=O) groups excluding carboxylic acids is 1. The van der Waals surface area contributed by atoms with Crippen molar-refractivity contribution < 1.29 is 32.9 Å². The third-order valence-electron chi connectivity index (χ3n) is 9.61. The van der Waals surface area contributed by atoms with Gasteiger partial charge in [-0.3, -0.25) is 13.8 Å². The number of aliphatic hydroxyl groups is 1. The summed E-state index contributed by atoms with van der Waals surface area (Å²) in [5.41, 5.74) is 0.